The summed E-state index contributed by atoms with van der Waals surface area (Å²) >= 11 is 0. The molecule has 0 aromatic heterocycles. The molecule has 0 saturated heterocycles. The van der Waals surface area contributed by atoms with Crippen LogP contribution in [0.25, 0.3) is 0 Å². The van der Waals surface area contributed by atoms with E-state index in [-0.39, 0.29) is 31.3 Å². The first kappa shape index (κ1) is 63.1. The van der Waals surface area contributed by atoms with Crippen LogP contribution in [0.2, 0.25) is 0 Å². The Labute approximate surface area is 420 Å². The van der Waals surface area contributed by atoms with Crippen LogP contribution in [0.3, 0.4) is 0 Å². The van der Waals surface area contributed by atoms with Gasteiger partial charge in [0.15, 0.2) is 6.10 Å². The van der Waals surface area contributed by atoms with E-state index in [1.807, 2.05) is 0 Å². The molecule has 4 N–H and O–H groups in total. The van der Waals surface area contributed by atoms with E-state index in [0.717, 1.165) is 25.7 Å². The molecule has 0 heterocycles. The zero-order valence-corrected chi connectivity index (χ0v) is 44.1. The van der Waals surface area contributed by atoms with E-state index in [1.165, 1.54) is 154 Å². The van der Waals surface area contributed by atoms with Gasteiger partial charge in [0.1, 0.15) is 5.75 Å². The minimum Gasteiger partial charge on any atom is -0.497 e. The first-order chi connectivity index (χ1) is 33.8. The highest BCUT2D eigenvalue weighted by atomic mass is 16.6. The Balaban J connectivity index is 2.45. The number of nitrogens with one attached hydrogen (secondary N) is 2. The second kappa shape index (κ2) is 47.8. The van der Waals surface area contributed by atoms with Gasteiger partial charge in [-0.05, 0) is 101 Å². The fourth-order valence-electron chi connectivity index (χ4n) is 8.12. The number of carbonyl (C=O) groups is 4. The number of benzene rings is 1. The largest absolute Gasteiger partial charge is 0.497 e. The topological polar surface area (TPSA) is 159 Å². The molecule has 0 spiro atoms. The van der Waals surface area contributed by atoms with Crippen LogP contribution >= 0.6 is 0 Å². The molecule has 1 atom stereocenters. The number of hydrogen-bond acceptors (Lipinski definition) is 8. The normalized spacial score (nSPS) is 11.9. The molecule has 0 unspecified atom stereocenters. The van der Waals surface area contributed by atoms with Crippen LogP contribution in [-0.2, 0) is 23.8 Å². The summed E-state index contributed by atoms with van der Waals surface area (Å²) in [6.07, 6.45) is 43.2. The summed E-state index contributed by atoms with van der Waals surface area (Å²) in [5.74, 6) is -0.681. The number of nitrogens with two attached hydrogens (primary N) is 1. The highest BCUT2D eigenvalue weighted by Gasteiger charge is 2.27. The highest BCUT2D eigenvalue weighted by Crippen LogP contribution is 2.14. The van der Waals surface area contributed by atoms with Crippen LogP contribution < -0.4 is 21.1 Å². The molecule has 1 rings (SSSR count). The quantitative estimate of drug-likeness (QED) is 0.0430. The summed E-state index contributed by atoms with van der Waals surface area (Å²) in [6, 6.07) is 6.65. The van der Waals surface area contributed by atoms with Gasteiger partial charge < -0.3 is 40.2 Å². The number of nitrogens with zero attached hydrogens (tertiary/aromatic N) is 1. The van der Waals surface area contributed by atoms with Crippen LogP contribution in [0.4, 0.5) is 4.79 Å². The molecule has 0 aliphatic heterocycles. The minimum absolute atomic E-state index is 0.0555. The standard InChI is InChI=1S/C57H100N4O8/c1-4-6-8-10-12-14-16-18-20-22-24-26-28-30-32-34-46-67-48-36-44-61(45-37-49-68-47-35-33-31-29-27-25-23-21-19-17-15-13-11-9-7-5-2)54(62)50-53(69-57(58)65)56(64)60-43-42-59-55(63)51-38-40-52(66-3)41-39-51/h18-21,38-41,53H,4-17,22-37,42-50H2,1-3H3,(H2,58,65)(H,59,63)(H,60,64)/b20-18-,21-19-/t53-/m1/s1. The Morgan fingerprint density at radius 2 is 0.928 bits per heavy atom. The third-order valence-corrected chi connectivity index (χ3v) is 12.4. The minimum atomic E-state index is -1.42. The maximum absolute atomic E-state index is 13.7. The predicted molar refractivity (Wildman–Crippen MR) is 284 cm³/mol. The van der Waals surface area contributed by atoms with Crippen LogP contribution in [-0.4, -0.2) is 94.5 Å². The smallest absolute Gasteiger partial charge is 0.405 e. The monoisotopic (exact) mass is 969 g/mol. The zero-order valence-electron chi connectivity index (χ0n) is 44.1. The highest BCUT2D eigenvalue weighted by molar-refractivity contribution is 5.94. The lowest BCUT2D eigenvalue weighted by atomic mass is 10.1. The van der Waals surface area contributed by atoms with E-state index < -0.39 is 18.1 Å². The number of rotatable bonds is 49. The van der Waals surface area contributed by atoms with E-state index in [4.69, 9.17) is 24.7 Å². The van der Waals surface area contributed by atoms with Crippen molar-refractivity contribution < 1.29 is 38.1 Å². The summed E-state index contributed by atoms with van der Waals surface area (Å²) in [6.45, 7) is 7.99. The van der Waals surface area contributed by atoms with Crippen LogP contribution in [0, 0.1) is 0 Å². The van der Waals surface area contributed by atoms with Crippen LogP contribution in [0.5, 0.6) is 5.75 Å². The number of carbonyl (C=O) groups excluding carboxylic acids is 4. The van der Waals surface area contributed by atoms with Crippen molar-refractivity contribution in [3.8, 4) is 5.75 Å². The Kier molecular flexibility index (Phi) is 43.7. The molecule has 4 amide bonds. The lowest BCUT2D eigenvalue weighted by molar-refractivity contribution is -0.139. The van der Waals surface area contributed by atoms with Gasteiger partial charge in [0.25, 0.3) is 11.8 Å². The van der Waals surface area contributed by atoms with Gasteiger partial charge in [-0.15, -0.1) is 0 Å². The van der Waals surface area contributed by atoms with Crippen molar-refractivity contribution in [3.63, 3.8) is 0 Å². The van der Waals surface area contributed by atoms with Gasteiger partial charge in [-0.3, -0.25) is 14.4 Å². The van der Waals surface area contributed by atoms with E-state index in [1.54, 1.807) is 36.3 Å². The van der Waals surface area contributed by atoms with Gasteiger partial charge in [0.2, 0.25) is 5.91 Å². The van der Waals surface area contributed by atoms with Gasteiger partial charge >= 0.3 is 6.09 Å². The molecule has 1 aromatic rings. The Bertz CT molecular complexity index is 1390. The van der Waals surface area contributed by atoms with Crippen molar-refractivity contribution in [2.24, 2.45) is 5.73 Å². The van der Waals surface area contributed by atoms with Gasteiger partial charge in [-0.1, -0.05) is 154 Å². The van der Waals surface area contributed by atoms with Gasteiger partial charge in [-0.25, -0.2) is 4.79 Å². The molecule has 0 aliphatic carbocycles. The van der Waals surface area contributed by atoms with E-state index in [0.29, 0.717) is 63.7 Å². The summed E-state index contributed by atoms with van der Waals surface area (Å²) in [5.41, 5.74) is 5.77. The van der Waals surface area contributed by atoms with Crippen molar-refractivity contribution in [2.45, 2.75) is 219 Å². The van der Waals surface area contributed by atoms with Crippen molar-refractivity contribution in [1.29, 1.82) is 0 Å². The van der Waals surface area contributed by atoms with Crippen molar-refractivity contribution in [1.82, 2.24) is 15.5 Å². The molecular formula is C57H100N4O8. The van der Waals surface area contributed by atoms with Gasteiger partial charge in [-0.2, -0.15) is 0 Å². The van der Waals surface area contributed by atoms with Gasteiger partial charge in [0.05, 0.1) is 13.5 Å². The number of primary amides is 1. The second-order valence-electron chi connectivity index (χ2n) is 18.6. The van der Waals surface area contributed by atoms with E-state index >= 15 is 0 Å². The van der Waals surface area contributed by atoms with Gasteiger partial charge in [0, 0.05) is 58.2 Å². The third kappa shape index (κ3) is 39.5. The molecule has 0 aliphatic rings. The average Bonchev–Trinajstić information content (AvgIpc) is 3.35. The number of allylic oxidation sites excluding steroid dienone is 4. The van der Waals surface area contributed by atoms with E-state index in [2.05, 4.69) is 48.8 Å². The number of amides is 4. The first-order valence-corrected chi connectivity index (χ1v) is 27.7. The molecule has 12 heteroatoms. The molecule has 12 nitrogen and oxygen atoms in total. The molecular weight excluding hydrogens is 869 g/mol. The lowest BCUT2D eigenvalue weighted by Crippen LogP contribution is -2.45. The average molecular weight is 969 g/mol. The first-order valence-electron chi connectivity index (χ1n) is 27.7. The fourth-order valence-corrected chi connectivity index (χ4v) is 8.12. The Morgan fingerprint density at radius 1 is 0.536 bits per heavy atom. The molecule has 0 saturated carbocycles. The second-order valence-corrected chi connectivity index (χ2v) is 18.6. The number of hydrogen-bond donors (Lipinski definition) is 3. The fraction of sp³-hybridized carbons (Fsp3) is 0.754. The number of methoxy groups -OCH3 is 1. The SMILES string of the molecule is CCCCCCCC/C=C\CCCCCCCCOCCCN(CCCOCCCCCCCC/C=C\CCCCCCCC)C(=O)C[C@@H](OC(N)=O)C(=O)NCCNC(=O)c1ccc(OC)cc1. The maximum atomic E-state index is 13.7. The zero-order chi connectivity index (χ0) is 50.1. The molecule has 0 bridgehead atoms. The summed E-state index contributed by atoms with van der Waals surface area (Å²) in [7, 11) is 1.55. The predicted octanol–water partition coefficient (Wildman–Crippen LogP) is 13.1. The summed E-state index contributed by atoms with van der Waals surface area (Å²) < 4.78 is 22.2. The molecule has 396 valence electrons. The molecule has 0 radical (unpaired) electrons. The summed E-state index contributed by atoms with van der Waals surface area (Å²) in [4.78, 5) is 52.8. The number of ether oxygens (including phenoxy) is 4. The number of unbranched alkanes of at least 4 members (excludes halogenated alkanes) is 24. The molecule has 69 heavy (non-hydrogen) atoms. The van der Waals surface area contributed by atoms with Crippen molar-refractivity contribution in [2.75, 3.05) is 59.7 Å². The molecule has 0 fully saturated rings. The van der Waals surface area contributed by atoms with Crippen LogP contribution in [0.1, 0.15) is 223 Å². The van der Waals surface area contributed by atoms with E-state index in [9.17, 15) is 19.2 Å². The maximum Gasteiger partial charge on any atom is 0.405 e. The lowest BCUT2D eigenvalue weighted by Gasteiger charge is -2.25. The van der Waals surface area contributed by atoms with Crippen LogP contribution in [0.15, 0.2) is 48.6 Å². The Morgan fingerprint density at radius 3 is 1.35 bits per heavy atom. The Hall–Kier alpha value is -3.90. The van der Waals surface area contributed by atoms with Crippen molar-refractivity contribution in [3.05, 3.63) is 54.1 Å². The third-order valence-electron chi connectivity index (χ3n) is 12.4. The van der Waals surface area contributed by atoms with Crippen molar-refractivity contribution >= 4 is 23.8 Å². The molecule has 1 aromatic carbocycles. The summed E-state index contributed by atoms with van der Waals surface area (Å²) in [5, 5.41) is 5.39.